The zero-order valence-corrected chi connectivity index (χ0v) is 25.2. The second-order valence-electron chi connectivity index (χ2n) is 11.5. The zero-order chi connectivity index (χ0) is 29.8. The third-order valence-corrected chi connectivity index (χ3v) is 9.20. The van der Waals surface area contributed by atoms with E-state index < -0.39 is 21.7 Å². The fraction of sp³-hybridized carbons (Fsp3) is 0.394. The molecule has 2 N–H and O–H groups in total. The van der Waals surface area contributed by atoms with Crippen LogP contribution in [0.5, 0.6) is 5.75 Å². The summed E-state index contributed by atoms with van der Waals surface area (Å²) < 4.78 is 35.2. The Morgan fingerprint density at radius 3 is 2.37 bits per heavy atom. The number of nitrogens with zero attached hydrogens (tertiary/aromatic N) is 2. The summed E-state index contributed by atoms with van der Waals surface area (Å²) in [5.74, 6) is 5.75. The Morgan fingerprint density at radius 1 is 1.07 bits per heavy atom. The van der Waals surface area contributed by atoms with Crippen LogP contribution in [0.25, 0.3) is 11.1 Å². The summed E-state index contributed by atoms with van der Waals surface area (Å²) in [6.07, 6.45) is -0.330. The van der Waals surface area contributed by atoms with E-state index in [1.54, 1.807) is 32.9 Å². The minimum absolute atomic E-state index is 0.0441. The molecule has 0 unspecified atom stereocenters. The predicted octanol–water partition coefficient (Wildman–Crippen LogP) is 4.38. The number of benzene rings is 3. The fourth-order valence-electron chi connectivity index (χ4n) is 4.86. The van der Waals surface area contributed by atoms with Crippen LogP contribution in [0.15, 0.2) is 77.7 Å². The third-order valence-electron chi connectivity index (χ3n) is 7.19. The Kier molecular flexibility index (Phi) is 9.58. The minimum Gasteiger partial charge on any atom is -0.487 e. The number of fused-ring (bicyclic) bond motifs is 1. The van der Waals surface area contributed by atoms with E-state index in [2.05, 4.69) is 53.1 Å². The molecule has 3 aromatic rings. The molecule has 0 saturated heterocycles. The molecule has 7 nitrogen and oxygen atoms in total. The van der Waals surface area contributed by atoms with Crippen molar-refractivity contribution >= 4 is 10.0 Å². The molecule has 8 heteroatoms. The van der Waals surface area contributed by atoms with Gasteiger partial charge in [-0.2, -0.15) is 4.31 Å². The number of hydrogen-bond donors (Lipinski definition) is 2. The van der Waals surface area contributed by atoms with E-state index in [1.807, 2.05) is 32.2 Å². The average molecular weight is 577 g/mol. The molecule has 0 saturated carbocycles. The molecule has 0 spiro atoms. The molecule has 41 heavy (non-hydrogen) atoms. The first kappa shape index (κ1) is 30.8. The van der Waals surface area contributed by atoms with Crippen molar-refractivity contribution in [2.75, 3.05) is 26.7 Å². The van der Waals surface area contributed by atoms with E-state index in [0.717, 1.165) is 11.1 Å². The van der Waals surface area contributed by atoms with Gasteiger partial charge in [-0.1, -0.05) is 73.4 Å². The number of ether oxygens (including phenoxy) is 1. The molecule has 0 fully saturated rings. The monoisotopic (exact) mass is 576 g/mol. The SMILES string of the molecule is C[C@H](CO)N1C[C@H](C)[C@H](CN(C)Cc2ccc(-c3ccccc3)cc2)Oc2cc(C#CC(C)(C)O)ccc2S1(=O)=O. The Bertz CT molecular complexity index is 1490. The molecule has 0 aromatic heterocycles. The largest absolute Gasteiger partial charge is 0.487 e. The number of aliphatic hydroxyl groups is 2. The summed E-state index contributed by atoms with van der Waals surface area (Å²) >= 11 is 0. The summed E-state index contributed by atoms with van der Waals surface area (Å²) in [6.45, 7) is 8.03. The maximum Gasteiger partial charge on any atom is 0.247 e. The molecule has 1 aliphatic rings. The Hall–Kier alpha value is -3.19. The molecular weight excluding hydrogens is 536 g/mol. The van der Waals surface area contributed by atoms with Crippen molar-refractivity contribution < 1.29 is 23.4 Å². The quantitative estimate of drug-likeness (QED) is 0.406. The maximum absolute atomic E-state index is 13.7. The molecule has 0 bridgehead atoms. The normalized spacial score (nSPS) is 19.7. The zero-order valence-electron chi connectivity index (χ0n) is 24.4. The molecule has 3 atom stereocenters. The number of aliphatic hydroxyl groups excluding tert-OH is 1. The van der Waals surface area contributed by atoms with Gasteiger partial charge in [-0.15, -0.1) is 0 Å². The fourth-order valence-corrected chi connectivity index (χ4v) is 6.69. The lowest BCUT2D eigenvalue weighted by Gasteiger charge is -2.37. The molecule has 3 aromatic carbocycles. The summed E-state index contributed by atoms with van der Waals surface area (Å²) in [7, 11) is -1.91. The molecule has 4 rings (SSSR count). The molecular formula is C33H40N2O5S. The molecule has 0 amide bonds. The lowest BCUT2D eigenvalue weighted by molar-refractivity contribution is 0.0733. The van der Waals surface area contributed by atoms with Crippen LogP contribution < -0.4 is 4.74 Å². The van der Waals surface area contributed by atoms with E-state index in [9.17, 15) is 18.6 Å². The topological polar surface area (TPSA) is 90.3 Å². The van der Waals surface area contributed by atoms with Gasteiger partial charge in [-0.25, -0.2) is 8.42 Å². The van der Waals surface area contributed by atoms with Gasteiger partial charge >= 0.3 is 0 Å². The first-order valence-electron chi connectivity index (χ1n) is 13.9. The highest BCUT2D eigenvalue weighted by molar-refractivity contribution is 7.89. The van der Waals surface area contributed by atoms with Crippen molar-refractivity contribution in [2.24, 2.45) is 5.92 Å². The summed E-state index contributed by atoms with van der Waals surface area (Å²) in [6, 6.07) is 22.9. The van der Waals surface area contributed by atoms with Crippen LogP contribution in [0.2, 0.25) is 0 Å². The standard InChI is InChI=1S/C33H40N2O5S/c1-24-20-35(25(2)23-36)41(38,39)32-16-13-26(17-18-33(3,4)37)19-30(32)40-31(24)22-34(5)21-27-11-14-29(15-12-27)28-9-7-6-8-10-28/h6-16,19,24-25,31,36-37H,20-23H2,1-5H3/t24-,25+,31-/m0/s1. The van der Waals surface area contributed by atoms with Crippen LogP contribution >= 0.6 is 0 Å². The van der Waals surface area contributed by atoms with Gasteiger partial charge in [0.1, 0.15) is 22.4 Å². The Balaban J connectivity index is 1.60. The maximum atomic E-state index is 13.7. The van der Waals surface area contributed by atoms with Gasteiger partial charge in [0.2, 0.25) is 10.0 Å². The number of likely N-dealkylation sites (N-methyl/N-ethyl adjacent to an activating group) is 1. The van der Waals surface area contributed by atoms with E-state index >= 15 is 0 Å². The van der Waals surface area contributed by atoms with Crippen LogP contribution in [-0.4, -0.2) is 72.3 Å². The third kappa shape index (κ3) is 7.76. The number of hydrogen-bond acceptors (Lipinski definition) is 6. The van der Waals surface area contributed by atoms with Gasteiger partial charge < -0.3 is 14.9 Å². The molecule has 1 aliphatic heterocycles. The van der Waals surface area contributed by atoms with Crippen molar-refractivity contribution in [1.29, 1.82) is 0 Å². The van der Waals surface area contributed by atoms with E-state index in [1.165, 1.54) is 15.9 Å². The van der Waals surface area contributed by atoms with Gasteiger partial charge in [0.25, 0.3) is 0 Å². The first-order chi connectivity index (χ1) is 19.4. The van der Waals surface area contributed by atoms with Crippen molar-refractivity contribution in [2.45, 2.75) is 56.9 Å². The highest BCUT2D eigenvalue weighted by atomic mass is 32.2. The van der Waals surface area contributed by atoms with Crippen molar-refractivity contribution in [3.8, 4) is 28.7 Å². The highest BCUT2D eigenvalue weighted by Gasteiger charge is 2.38. The highest BCUT2D eigenvalue weighted by Crippen LogP contribution is 2.34. The molecule has 218 valence electrons. The number of rotatable bonds is 7. The van der Waals surface area contributed by atoms with Crippen molar-refractivity contribution in [3.63, 3.8) is 0 Å². The van der Waals surface area contributed by atoms with E-state index in [0.29, 0.717) is 18.7 Å². The van der Waals surface area contributed by atoms with Gasteiger partial charge in [0.05, 0.1) is 6.61 Å². The van der Waals surface area contributed by atoms with Crippen LogP contribution in [0.4, 0.5) is 0 Å². The predicted molar refractivity (Wildman–Crippen MR) is 162 cm³/mol. The van der Waals surface area contributed by atoms with Crippen molar-refractivity contribution in [3.05, 3.63) is 83.9 Å². The average Bonchev–Trinajstić information content (AvgIpc) is 2.93. The Labute approximate surface area is 244 Å². The summed E-state index contributed by atoms with van der Waals surface area (Å²) in [4.78, 5) is 2.22. The molecule has 0 aliphatic carbocycles. The van der Waals surface area contributed by atoms with Crippen LogP contribution in [0.3, 0.4) is 0 Å². The van der Waals surface area contributed by atoms with Crippen LogP contribution in [0, 0.1) is 17.8 Å². The van der Waals surface area contributed by atoms with Crippen LogP contribution in [0.1, 0.15) is 38.8 Å². The van der Waals surface area contributed by atoms with E-state index in [4.69, 9.17) is 4.74 Å². The Morgan fingerprint density at radius 2 is 1.73 bits per heavy atom. The van der Waals surface area contributed by atoms with Gasteiger partial charge in [0.15, 0.2) is 0 Å². The number of sulfonamides is 1. The first-order valence-corrected chi connectivity index (χ1v) is 15.3. The lowest BCUT2D eigenvalue weighted by atomic mass is 10.0. The summed E-state index contributed by atoms with van der Waals surface area (Å²) in [5, 5.41) is 19.9. The minimum atomic E-state index is -3.94. The van der Waals surface area contributed by atoms with Gasteiger partial charge in [-0.05, 0) is 62.7 Å². The smallest absolute Gasteiger partial charge is 0.247 e. The molecule has 0 radical (unpaired) electrons. The van der Waals surface area contributed by atoms with E-state index in [-0.39, 0.29) is 35.8 Å². The second kappa shape index (κ2) is 12.8. The van der Waals surface area contributed by atoms with Gasteiger partial charge in [0, 0.05) is 37.2 Å². The lowest BCUT2D eigenvalue weighted by Crippen LogP contribution is -2.49. The van der Waals surface area contributed by atoms with Crippen LogP contribution in [-0.2, 0) is 16.6 Å². The van der Waals surface area contributed by atoms with Gasteiger partial charge in [-0.3, -0.25) is 4.90 Å². The van der Waals surface area contributed by atoms with Crippen molar-refractivity contribution in [1.82, 2.24) is 9.21 Å². The molecule has 1 heterocycles. The summed E-state index contributed by atoms with van der Waals surface area (Å²) in [5.41, 5.74) is 2.85. The second-order valence-corrected chi connectivity index (χ2v) is 13.3.